The molecule has 0 spiro atoms. The lowest BCUT2D eigenvalue weighted by atomic mass is 10.1. The summed E-state index contributed by atoms with van der Waals surface area (Å²) < 4.78 is 30.6. The number of nitrogens with one attached hydrogen (secondary N) is 1. The Morgan fingerprint density at radius 3 is 2.68 bits per heavy atom. The van der Waals surface area contributed by atoms with Crippen molar-refractivity contribution in [2.75, 3.05) is 24.2 Å². The standard InChI is InChI=1S/C12H17NO5S/c1-9-4-5-11(10(8-9)12(14)15)13-19(16,17)7-3-6-18-2/h4-5,8,13H,3,6-7H2,1-2H3,(H,14,15). The van der Waals surface area contributed by atoms with Gasteiger partial charge in [-0.05, 0) is 25.5 Å². The van der Waals surface area contributed by atoms with Gasteiger partial charge in [-0.25, -0.2) is 13.2 Å². The minimum atomic E-state index is -3.57. The molecular formula is C12H17NO5S. The van der Waals surface area contributed by atoms with Gasteiger partial charge in [0.2, 0.25) is 10.0 Å². The molecule has 1 rings (SSSR count). The number of benzene rings is 1. The molecule has 0 heterocycles. The summed E-state index contributed by atoms with van der Waals surface area (Å²) in [5.74, 6) is -1.29. The van der Waals surface area contributed by atoms with E-state index in [2.05, 4.69) is 4.72 Å². The zero-order valence-electron chi connectivity index (χ0n) is 10.8. The van der Waals surface area contributed by atoms with Crippen molar-refractivity contribution in [1.29, 1.82) is 0 Å². The second kappa shape index (κ2) is 6.53. The van der Waals surface area contributed by atoms with Crippen molar-refractivity contribution in [3.63, 3.8) is 0 Å². The van der Waals surface area contributed by atoms with E-state index in [1.165, 1.54) is 19.2 Å². The molecule has 7 heteroatoms. The Balaban J connectivity index is 2.90. The number of carbonyl (C=O) groups is 1. The molecule has 0 bridgehead atoms. The quantitative estimate of drug-likeness (QED) is 0.741. The molecule has 0 radical (unpaired) electrons. The number of sulfonamides is 1. The predicted molar refractivity (Wildman–Crippen MR) is 72.0 cm³/mol. The normalized spacial score (nSPS) is 11.3. The van der Waals surface area contributed by atoms with Crippen LogP contribution < -0.4 is 4.72 Å². The second-order valence-electron chi connectivity index (χ2n) is 4.12. The lowest BCUT2D eigenvalue weighted by Crippen LogP contribution is -2.19. The van der Waals surface area contributed by atoms with Gasteiger partial charge in [-0.15, -0.1) is 0 Å². The van der Waals surface area contributed by atoms with Crippen LogP contribution in [0.1, 0.15) is 22.3 Å². The fourth-order valence-electron chi connectivity index (χ4n) is 1.54. The third-order valence-electron chi connectivity index (χ3n) is 2.43. The predicted octanol–water partition coefficient (Wildman–Crippen LogP) is 1.47. The van der Waals surface area contributed by atoms with Gasteiger partial charge >= 0.3 is 5.97 Å². The van der Waals surface area contributed by atoms with E-state index in [0.717, 1.165) is 5.56 Å². The number of carboxylic acids is 1. The van der Waals surface area contributed by atoms with Crippen LogP contribution in [-0.2, 0) is 14.8 Å². The molecule has 19 heavy (non-hydrogen) atoms. The zero-order valence-corrected chi connectivity index (χ0v) is 11.7. The van der Waals surface area contributed by atoms with Crippen molar-refractivity contribution in [3.8, 4) is 0 Å². The summed E-state index contributed by atoms with van der Waals surface area (Å²) in [6, 6.07) is 4.53. The maximum absolute atomic E-state index is 11.8. The van der Waals surface area contributed by atoms with Crippen LogP contribution in [0.15, 0.2) is 18.2 Å². The molecule has 0 aliphatic carbocycles. The number of hydrogen-bond acceptors (Lipinski definition) is 4. The maximum Gasteiger partial charge on any atom is 0.337 e. The lowest BCUT2D eigenvalue weighted by Gasteiger charge is -2.11. The highest BCUT2D eigenvalue weighted by molar-refractivity contribution is 7.92. The fraction of sp³-hybridized carbons (Fsp3) is 0.417. The maximum atomic E-state index is 11.8. The number of methoxy groups -OCH3 is 1. The van der Waals surface area contributed by atoms with E-state index < -0.39 is 16.0 Å². The molecule has 2 N–H and O–H groups in total. The molecule has 1 aromatic carbocycles. The SMILES string of the molecule is COCCCS(=O)(=O)Nc1ccc(C)cc1C(=O)O. The fourth-order valence-corrected chi connectivity index (χ4v) is 2.65. The van der Waals surface area contributed by atoms with E-state index in [9.17, 15) is 13.2 Å². The van der Waals surface area contributed by atoms with E-state index >= 15 is 0 Å². The summed E-state index contributed by atoms with van der Waals surface area (Å²) in [7, 11) is -2.08. The Morgan fingerprint density at radius 2 is 2.11 bits per heavy atom. The first-order valence-corrected chi connectivity index (χ1v) is 7.34. The van der Waals surface area contributed by atoms with E-state index in [0.29, 0.717) is 13.0 Å². The largest absolute Gasteiger partial charge is 0.478 e. The summed E-state index contributed by atoms with van der Waals surface area (Å²) >= 11 is 0. The van der Waals surface area contributed by atoms with Crippen LogP contribution in [0, 0.1) is 6.92 Å². The van der Waals surface area contributed by atoms with Crippen LogP contribution in [0.25, 0.3) is 0 Å². The van der Waals surface area contributed by atoms with Gasteiger partial charge in [0.1, 0.15) is 0 Å². The first-order valence-electron chi connectivity index (χ1n) is 5.69. The molecule has 0 saturated carbocycles. The van der Waals surface area contributed by atoms with E-state index in [4.69, 9.17) is 9.84 Å². The molecule has 0 fully saturated rings. The van der Waals surface area contributed by atoms with Gasteiger partial charge in [0.15, 0.2) is 0 Å². The first kappa shape index (κ1) is 15.5. The van der Waals surface area contributed by atoms with Crippen molar-refractivity contribution in [2.24, 2.45) is 0 Å². The summed E-state index contributed by atoms with van der Waals surface area (Å²) in [6.45, 7) is 2.07. The Labute approximate surface area is 112 Å². The van der Waals surface area contributed by atoms with Crippen LogP contribution in [0.4, 0.5) is 5.69 Å². The number of anilines is 1. The van der Waals surface area contributed by atoms with Crippen molar-refractivity contribution in [3.05, 3.63) is 29.3 Å². The van der Waals surface area contributed by atoms with Gasteiger partial charge in [0.25, 0.3) is 0 Å². The summed E-state index contributed by atoms with van der Waals surface area (Å²) in [4.78, 5) is 11.1. The van der Waals surface area contributed by atoms with Gasteiger partial charge in [0.05, 0.1) is 17.0 Å². The smallest absolute Gasteiger partial charge is 0.337 e. The van der Waals surface area contributed by atoms with E-state index in [1.54, 1.807) is 13.0 Å². The minimum absolute atomic E-state index is 0.0599. The van der Waals surface area contributed by atoms with Crippen LogP contribution in [-0.4, -0.2) is 39.0 Å². The third-order valence-corrected chi connectivity index (χ3v) is 3.79. The Morgan fingerprint density at radius 1 is 1.42 bits per heavy atom. The number of rotatable bonds is 7. The van der Waals surface area contributed by atoms with Crippen molar-refractivity contribution >= 4 is 21.7 Å². The summed E-state index contributed by atoms with van der Waals surface area (Å²) in [5.41, 5.74) is 0.769. The second-order valence-corrected chi connectivity index (χ2v) is 5.96. The molecule has 106 valence electrons. The number of aromatic carboxylic acids is 1. The molecule has 0 aromatic heterocycles. The summed E-state index contributed by atoms with van der Waals surface area (Å²) in [6.07, 6.45) is 0.347. The first-order chi connectivity index (χ1) is 8.85. The van der Waals surface area contributed by atoms with Crippen LogP contribution >= 0.6 is 0 Å². The molecule has 0 amide bonds. The van der Waals surface area contributed by atoms with Crippen LogP contribution in [0.2, 0.25) is 0 Å². The highest BCUT2D eigenvalue weighted by Gasteiger charge is 2.16. The zero-order chi connectivity index (χ0) is 14.5. The molecule has 1 aromatic rings. The number of ether oxygens (including phenoxy) is 1. The van der Waals surface area contributed by atoms with Gasteiger partial charge in [0, 0.05) is 13.7 Å². The van der Waals surface area contributed by atoms with Crippen LogP contribution in [0.5, 0.6) is 0 Å². The Hall–Kier alpha value is -1.60. The average molecular weight is 287 g/mol. The topological polar surface area (TPSA) is 92.7 Å². The van der Waals surface area contributed by atoms with Crippen molar-refractivity contribution < 1.29 is 23.1 Å². The molecule has 0 atom stereocenters. The van der Waals surface area contributed by atoms with Gasteiger partial charge in [-0.1, -0.05) is 11.6 Å². The van der Waals surface area contributed by atoms with E-state index in [-0.39, 0.29) is 17.0 Å². The highest BCUT2D eigenvalue weighted by Crippen LogP contribution is 2.19. The third kappa shape index (κ3) is 4.88. The van der Waals surface area contributed by atoms with E-state index in [1.807, 2.05) is 0 Å². The summed E-state index contributed by atoms with van der Waals surface area (Å²) in [5, 5.41) is 9.05. The van der Waals surface area contributed by atoms with Gasteiger partial charge < -0.3 is 9.84 Å². The van der Waals surface area contributed by atoms with Gasteiger partial charge in [-0.2, -0.15) is 0 Å². The number of hydrogen-bond donors (Lipinski definition) is 2. The molecule has 6 nitrogen and oxygen atoms in total. The van der Waals surface area contributed by atoms with Crippen molar-refractivity contribution in [2.45, 2.75) is 13.3 Å². The number of aryl methyl sites for hydroxylation is 1. The van der Waals surface area contributed by atoms with Crippen molar-refractivity contribution in [1.82, 2.24) is 0 Å². The highest BCUT2D eigenvalue weighted by atomic mass is 32.2. The average Bonchev–Trinajstić information content (AvgIpc) is 2.31. The molecular weight excluding hydrogens is 270 g/mol. The molecule has 0 saturated heterocycles. The van der Waals surface area contributed by atoms with Gasteiger partial charge in [-0.3, -0.25) is 4.72 Å². The lowest BCUT2D eigenvalue weighted by molar-refractivity contribution is 0.0698. The van der Waals surface area contributed by atoms with Crippen LogP contribution in [0.3, 0.4) is 0 Å². The Kier molecular flexibility index (Phi) is 5.31. The molecule has 0 unspecified atom stereocenters. The minimum Gasteiger partial charge on any atom is -0.478 e. The Bertz CT molecular complexity index is 553. The number of carboxylic acid groups (broad SMARTS) is 1. The molecule has 0 aliphatic heterocycles. The molecule has 0 aliphatic rings. The monoisotopic (exact) mass is 287 g/mol.